The molecular formula is C31H25ClN2OS2. The molecule has 6 heteroatoms. The fourth-order valence-corrected chi connectivity index (χ4v) is 8.78. The largest absolute Gasteiger partial charge is 0.292 e. The number of rotatable bonds is 4. The lowest BCUT2D eigenvalue weighted by molar-refractivity contribution is -0.110. The zero-order valence-corrected chi connectivity index (χ0v) is 23.1. The van der Waals surface area contributed by atoms with Crippen LogP contribution in [0.3, 0.4) is 0 Å². The Morgan fingerprint density at radius 2 is 1.32 bits per heavy atom. The van der Waals surface area contributed by atoms with E-state index < -0.39 is 8.95 Å². The van der Waals surface area contributed by atoms with Crippen LogP contribution in [0.4, 0.5) is 5.69 Å². The lowest BCUT2D eigenvalue weighted by Gasteiger charge is -2.37. The summed E-state index contributed by atoms with van der Waals surface area (Å²) in [6.45, 7) is 5.81. The van der Waals surface area contributed by atoms with Crippen LogP contribution in [-0.2, 0) is 13.7 Å². The molecule has 6 rings (SSSR count). The molecule has 1 unspecified atom stereocenters. The summed E-state index contributed by atoms with van der Waals surface area (Å²) in [4.78, 5) is 12.7. The number of ketones is 1. The zero-order valence-electron chi connectivity index (χ0n) is 20.7. The topological polar surface area (TPSA) is 32.7 Å². The van der Waals surface area contributed by atoms with Crippen molar-refractivity contribution >= 4 is 51.6 Å². The molecule has 2 heterocycles. The number of aryl methyl sites for hydroxylation is 2. The van der Waals surface area contributed by atoms with E-state index in [9.17, 15) is 4.79 Å². The van der Waals surface area contributed by atoms with Gasteiger partial charge < -0.3 is 0 Å². The Morgan fingerprint density at radius 1 is 0.784 bits per heavy atom. The molecule has 0 saturated carbocycles. The number of halogens is 1. The number of nitrogens with zero attached hydrogens (tertiary/aromatic N) is 2. The quantitative estimate of drug-likeness (QED) is 0.261. The van der Waals surface area contributed by atoms with E-state index >= 15 is 0 Å². The van der Waals surface area contributed by atoms with E-state index in [2.05, 4.69) is 86.6 Å². The molecule has 2 aliphatic rings. The number of hydrogen-bond donors (Lipinski definition) is 0. The normalized spacial score (nSPS) is 19.7. The molecule has 0 fully saturated rings. The van der Waals surface area contributed by atoms with Crippen LogP contribution in [0.5, 0.6) is 0 Å². The van der Waals surface area contributed by atoms with Gasteiger partial charge in [-0.2, -0.15) is 5.10 Å². The number of benzene rings is 4. The van der Waals surface area contributed by atoms with Crippen molar-refractivity contribution < 1.29 is 4.79 Å². The highest BCUT2D eigenvalue weighted by atomic mass is 35.5. The first-order valence-electron chi connectivity index (χ1n) is 12.1. The van der Waals surface area contributed by atoms with E-state index in [1.165, 1.54) is 39.6 Å². The second-order valence-corrected chi connectivity index (χ2v) is 12.8. The highest BCUT2D eigenvalue weighted by Crippen LogP contribution is 2.70. The van der Waals surface area contributed by atoms with Crippen LogP contribution >= 0.6 is 35.1 Å². The summed E-state index contributed by atoms with van der Waals surface area (Å²) in [5.41, 5.74) is 8.07. The number of carbonyl (C=O) groups is 1. The summed E-state index contributed by atoms with van der Waals surface area (Å²) < 4.78 is -1.18. The molecule has 0 aliphatic carbocycles. The number of carbonyl (C=O) groups excluding carboxylic acids is 1. The predicted octanol–water partition coefficient (Wildman–Crippen LogP) is 8.26. The summed E-state index contributed by atoms with van der Waals surface area (Å²) in [5.74, 6) is -0.0397. The van der Waals surface area contributed by atoms with Gasteiger partial charge in [0, 0.05) is 17.5 Å². The summed E-state index contributed by atoms with van der Waals surface area (Å²) >= 11 is 9.61. The van der Waals surface area contributed by atoms with Crippen LogP contribution in [0.25, 0.3) is 0 Å². The molecule has 37 heavy (non-hydrogen) atoms. The van der Waals surface area contributed by atoms with Crippen LogP contribution in [0.15, 0.2) is 102 Å². The van der Waals surface area contributed by atoms with Gasteiger partial charge in [-0.3, -0.25) is 4.79 Å². The number of hydrazone groups is 1. The molecule has 2 aliphatic heterocycles. The standard InChI is InChI=1S/C31H25ClN2OS2/c1-20-8-12-23(13-9-20)30(24-14-10-21(2)11-15-24)27-6-4-5-7-28(27)31(37-30)34(33-29(36-31)22(3)35)26-18-16-25(32)17-19-26/h4-19H,1-3H3. The molecule has 0 N–H and O–H groups in total. The second kappa shape index (κ2) is 9.09. The maximum absolute atomic E-state index is 12.7. The lowest BCUT2D eigenvalue weighted by Crippen LogP contribution is -2.34. The first-order valence-corrected chi connectivity index (χ1v) is 14.1. The fourth-order valence-electron chi connectivity index (χ4n) is 5.09. The van der Waals surface area contributed by atoms with Gasteiger partial charge in [0.15, 0.2) is 15.0 Å². The minimum absolute atomic E-state index is 0.0397. The van der Waals surface area contributed by atoms with E-state index in [1.54, 1.807) is 6.92 Å². The Kier molecular flexibility index (Phi) is 5.98. The molecule has 0 aromatic heterocycles. The van der Waals surface area contributed by atoms with Crippen molar-refractivity contribution in [1.29, 1.82) is 0 Å². The maximum Gasteiger partial charge on any atom is 0.187 e. The molecule has 0 saturated heterocycles. The van der Waals surface area contributed by atoms with E-state index in [0.29, 0.717) is 10.1 Å². The van der Waals surface area contributed by atoms with Crippen molar-refractivity contribution in [1.82, 2.24) is 0 Å². The van der Waals surface area contributed by atoms with Gasteiger partial charge in [-0.05, 0) is 54.8 Å². The number of fused-ring (bicyclic) bond motifs is 2. The van der Waals surface area contributed by atoms with Gasteiger partial charge in [0.25, 0.3) is 0 Å². The van der Waals surface area contributed by atoms with Crippen molar-refractivity contribution in [2.75, 3.05) is 5.01 Å². The highest BCUT2D eigenvalue weighted by Gasteiger charge is 2.61. The Balaban J connectivity index is 1.64. The van der Waals surface area contributed by atoms with E-state index in [1.807, 2.05) is 41.0 Å². The first kappa shape index (κ1) is 24.4. The summed E-state index contributed by atoms with van der Waals surface area (Å²) in [5, 5.41) is 8.08. The molecule has 184 valence electrons. The molecule has 3 nitrogen and oxygen atoms in total. The van der Waals surface area contributed by atoms with Crippen molar-refractivity contribution in [2.24, 2.45) is 5.10 Å². The van der Waals surface area contributed by atoms with Gasteiger partial charge in [-0.25, -0.2) is 5.01 Å². The van der Waals surface area contributed by atoms with Crippen molar-refractivity contribution in [3.8, 4) is 0 Å². The van der Waals surface area contributed by atoms with E-state index in [0.717, 1.165) is 11.3 Å². The Labute approximate surface area is 230 Å². The third kappa shape index (κ3) is 3.83. The van der Waals surface area contributed by atoms with Crippen molar-refractivity contribution in [2.45, 2.75) is 29.7 Å². The lowest BCUT2D eigenvalue weighted by atomic mass is 9.81. The summed E-state index contributed by atoms with van der Waals surface area (Å²) in [6, 6.07) is 33.9. The van der Waals surface area contributed by atoms with Gasteiger partial charge in [0.05, 0.1) is 10.4 Å². The molecule has 1 spiro atoms. The van der Waals surface area contributed by atoms with Crippen molar-refractivity contribution in [3.63, 3.8) is 0 Å². The van der Waals surface area contributed by atoms with E-state index in [4.69, 9.17) is 16.7 Å². The fraction of sp³-hybridized carbons (Fsp3) is 0.161. The second-order valence-electron chi connectivity index (χ2n) is 9.49. The number of anilines is 1. The molecule has 0 radical (unpaired) electrons. The Bertz CT molecular complexity index is 1490. The smallest absolute Gasteiger partial charge is 0.187 e. The average molecular weight is 541 g/mol. The molecule has 4 aromatic rings. The van der Waals surface area contributed by atoms with Crippen LogP contribution in [0.1, 0.15) is 40.3 Å². The molecule has 0 bridgehead atoms. The van der Waals surface area contributed by atoms with E-state index in [-0.39, 0.29) is 5.78 Å². The summed E-state index contributed by atoms with van der Waals surface area (Å²) in [6.07, 6.45) is 0. The molecule has 4 aromatic carbocycles. The average Bonchev–Trinajstić information content (AvgIpc) is 3.43. The van der Waals surface area contributed by atoms with Gasteiger partial charge in [-0.15, -0.1) is 0 Å². The summed E-state index contributed by atoms with van der Waals surface area (Å²) in [7, 11) is 0. The Hall–Kier alpha value is -2.99. The van der Waals surface area contributed by atoms with Crippen molar-refractivity contribution in [3.05, 3.63) is 135 Å². The monoisotopic (exact) mass is 540 g/mol. The molecule has 0 amide bonds. The first-order chi connectivity index (χ1) is 17.8. The van der Waals surface area contributed by atoms with Gasteiger partial charge >= 0.3 is 0 Å². The Morgan fingerprint density at radius 3 is 1.86 bits per heavy atom. The minimum Gasteiger partial charge on any atom is -0.292 e. The predicted molar refractivity (Wildman–Crippen MR) is 158 cm³/mol. The minimum atomic E-state index is -0.679. The SMILES string of the molecule is CC(=O)C1=NN(c2ccc(Cl)cc2)C2(S1)SC(c1ccc(C)cc1)(c1ccc(C)cc1)c1ccccc12. The third-order valence-corrected chi connectivity index (χ3v) is 10.6. The van der Waals surface area contributed by atoms with Gasteiger partial charge in [0.2, 0.25) is 0 Å². The van der Waals surface area contributed by atoms with Crippen LogP contribution in [0, 0.1) is 13.8 Å². The number of thioether (sulfide) groups is 2. The third-order valence-electron chi connectivity index (χ3n) is 6.93. The highest BCUT2D eigenvalue weighted by molar-refractivity contribution is 8.27. The number of Topliss-reactive ketones (excluding diaryl/α,β-unsaturated/α-hetero) is 1. The van der Waals surface area contributed by atoms with Gasteiger partial charge in [-0.1, -0.05) is 119 Å². The number of hydrogen-bond acceptors (Lipinski definition) is 5. The van der Waals surface area contributed by atoms with Crippen LogP contribution < -0.4 is 5.01 Å². The maximum atomic E-state index is 12.7. The van der Waals surface area contributed by atoms with Gasteiger partial charge in [0.1, 0.15) is 0 Å². The molecular weight excluding hydrogens is 516 g/mol. The zero-order chi connectivity index (χ0) is 25.8. The molecule has 1 atom stereocenters. The van der Waals surface area contributed by atoms with Crippen LogP contribution in [0.2, 0.25) is 5.02 Å². The van der Waals surface area contributed by atoms with Crippen LogP contribution in [-0.4, -0.2) is 10.8 Å².